The van der Waals surface area contributed by atoms with Gasteiger partial charge in [-0.15, -0.1) is 0 Å². The quantitative estimate of drug-likeness (QED) is 0.387. The highest BCUT2D eigenvalue weighted by Crippen LogP contribution is 2.33. The van der Waals surface area contributed by atoms with Gasteiger partial charge in [0.1, 0.15) is 5.75 Å². The van der Waals surface area contributed by atoms with Crippen LogP contribution in [0, 0.1) is 0 Å². The van der Waals surface area contributed by atoms with Crippen LogP contribution in [-0.2, 0) is 6.54 Å². The Hall–Kier alpha value is -2.67. The second kappa shape index (κ2) is 8.37. The highest BCUT2D eigenvalue weighted by Gasteiger charge is 2.23. The Morgan fingerprint density at radius 1 is 1.10 bits per heavy atom. The molecule has 0 unspecified atom stereocenters. The van der Waals surface area contributed by atoms with E-state index in [9.17, 15) is 4.79 Å². The van der Waals surface area contributed by atoms with Crippen molar-refractivity contribution in [3.8, 4) is 5.75 Å². The first-order chi connectivity index (χ1) is 14.0. The molecule has 0 N–H and O–H groups in total. The van der Waals surface area contributed by atoms with E-state index in [-0.39, 0.29) is 12.5 Å². The number of ether oxygens (including phenoxy) is 1. The van der Waals surface area contributed by atoms with Gasteiger partial charge in [-0.2, -0.15) is 0 Å². The van der Waals surface area contributed by atoms with Gasteiger partial charge in [0.05, 0.1) is 29.6 Å². The summed E-state index contributed by atoms with van der Waals surface area (Å²) >= 11 is 13.6. The number of rotatable bonds is 5. The van der Waals surface area contributed by atoms with Crippen molar-refractivity contribution in [1.82, 2.24) is 9.97 Å². The van der Waals surface area contributed by atoms with E-state index in [2.05, 4.69) is 9.97 Å². The van der Waals surface area contributed by atoms with E-state index in [1.54, 1.807) is 36.4 Å². The Morgan fingerprint density at radius 2 is 1.90 bits per heavy atom. The summed E-state index contributed by atoms with van der Waals surface area (Å²) in [5, 5.41) is 1.35. The molecule has 2 aromatic heterocycles. The number of anilines is 1. The lowest BCUT2D eigenvalue weighted by atomic mass is 10.2. The molecule has 0 fully saturated rings. The molecule has 0 aliphatic heterocycles. The summed E-state index contributed by atoms with van der Waals surface area (Å²) in [6.45, 7) is 0.265. The highest BCUT2D eigenvalue weighted by atomic mass is 35.5. The van der Waals surface area contributed by atoms with Gasteiger partial charge in [-0.3, -0.25) is 14.7 Å². The maximum absolute atomic E-state index is 13.4. The molecule has 2 heterocycles. The molecule has 0 aliphatic carbocycles. The van der Waals surface area contributed by atoms with E-state index in [0.717, 1.165) is 21.7 Å². The van der Waals surface area contributed by atoms with E-state index in [1.807, 2.05) is 36.4 Å². The molecular formula is C21H15Cl2N3O2S. The first-order valence-electron chi connectivity index (χ1n) is 8.66. The fourth-order valence-corrected chi connectivity index (χ4v) is 4.37. The van der Waals surface area contributed by atoms with Crippen LogP contribution in [0.2, 0.25) is 10.0 Å². The van der Waals surface area contributed by atoms with E-state index in [4.69, 9.17) is 27.9 Å². The molecule has 146 valence electrons. The van der Waals surface area contributed by atoms with E-state index >= 15 is 0 Å². The van der Waals surface area contributed by atoms with E-state index in [1.165, 1.54) is 11.3 Å². The molecule has 29 heavy (non-hydrogen) atoms. The Balaban J connectivity index is 1.78. The number of thiazole rings is 1. The number of halogens is 2. The van der Waals surface area contributed by atoms with E-state index < -0.39 is 0 Å². The smallest absolute Gasteiger partial charge is 0.260 e. The minimum Gasteiger partial charge on any atom is -0.497 e. The maximum atomic E-state index is 13.4. The van der Waals surface area contributed by atoms with Crippen molar-refractivity contribution in [2.24, 2.45) is 0 Å². The van der Waals surface area contributed by atoms with Crippen LogP contribution in [0.25, 0.3) is 10.2 Å². The Labute approximate surface area is 181 Å². The molecule has 1 amide bonds. The first-order valence-corrected chi connectivity index (χ1v) is 10.2. The fourth-order valence-electron chi connectivity index (χ4n) is 2.85. The number of carbonyl (C=O) groups excluding carboxylic acids is 1. The number of pyridine rings is 1. The summed E-state index contributed by atoms with van der Waals surface area (Å²) in [5.74, 6) is 0.475. The van der Waals surface area contributed by atoms with Gasteiger partial charge in [-0.05, 0) is 48.5 Å². The molecule has 4 rings (SSSR count). The lowest BCUT2D eigenvalue weighted by molar-refractivity contribution is 0.0985. The second-order valence-electron chi connectivity index (χ2n) is 6.20. The van der Waals surface area contributed by atoms with Crippen LogP contribution in [0.5, 0.6) is 5.75 Å². The van der Waals surface area contributed by atoms with Crippen LogP contribution in [0.4, 0.5) is 5.13 Å². The normalized spacial score (nSPS) is 10.9. The first kappa shape index (κ1) is 19.6. The summed E-state index contributed by atoms with van der Waals surface area (Å²) in [6.07, 6.45) is 1.69. The third kappa shape index (κ3) is 4.34. The topological polar surface area (TPSA) is 55.3 Å². The number of hydrogen-bond acceptors (Lipinski definition) is 5. The van der Waals surface area contributed by atoms with E-state index in [0.29, 0.717) is 20.7 Å². The van der Waals surface area contributed by atoms with Gasteiger partial charge in [-0.1, -0.05) is 40.6 Å². The largest absolute Gasteiger partial charge is 0.497 e. The number of amides is 1. The van der Waals surface area contributed by atoms with Crippen molar-refractivity contribution in [2.45, 2.75) is 6.54 Å². The average molecular weight is 444 g/mol. The minimum atomic E-state index is -0.258. The fraction of sp³-hybridized carbons (Fsp3) is 0.0952. The Bertz CT molecular complexity index is 1160. The van der Waals surface area contributed by atoms with Gasteiger partial charge in [0, 0.05) is 21.8 Å². The van der Waals surface area contributed by atoms with Crippen molar-refractivity contribution in [1.29, 1.82) is 0 Å². The molecule has 0 bridgehead atoms. The predicted molar refractivity (Wildman–Crippen MR) is 117 cm³/mol. The average Bonchev–Trinajstić information content (AvgIpc) is 3.14. The van der Waals surface area contributed by atoms with Crippen LogP contribution < -0.4 is 9.64 Å². The van der Waals surface area contributed by atoms with Crippen LogP contribution in [0.15, 0.2) is 60.8 Å². The monoisotopic (exact) mass is 443 g/mol. The molecule has 0 radical (unpaired) electrons. The third-order valence-corrected chi connectivity index (χ3v) is 5.69. The maximum Gasteiger partial charge on any atom is 0.260 e. The molecule has 0 saturated heterocycles. The van der Waals surface area contributed by atoms with Crippen LogP contribution in [0.1, 0.15) is 16.1 Å². The van der Waals surface area contributed by atoms with Gasteiger partial charge >= 0.3 is 0 Å². The van der Waals surface area contributed by atoms with Gasteiger partial charge < -0.3 is 4.74 Å². The summed E-state index contributed by atoms with van der Waals surface area (Å²) in [7, 11) is 1.61. The molecule has 0 aliphatic rings. The molecule has 4 aromatic rings. The summed E-state index contributed by atoms with van der Waals surface area (Å²) < 4.78 is 6.21. The van der Waals surface area contributed by atoms with Crippen molar-refractivity contribution in [2.75, 3.05) is 12.0 Å². The zero-order chi connectivity index (χ0) is 20.4. The summed E-state index contributed by atoms with van der Waals surface area (Å²) in [5.41, 5.74) is 1.91. The zero-order valence-electron chi connectivity index (χ0n) is 15.3. The minimum absolute atomic E-state index is 0.258. The number of aromatic nitrogens is 2. The second-order valence-corrected chi connectivity index (χ2v) is 8.08. The van der Waals surface area contributed by atoms with Crippen molar-refractivity contribution >= 4 is 55.8 Å². The Morgan fingerprint density at radius 3 is 2.59 bits per heavy atom. The summed E-state index contributed by atoms with van der Waals surface area (Å²) in [6, 6.07) is 16.0. The number of benzene rings is 2. The Kier molecular flexibility index (Phi) is 5.67. The SMILES string of the molecule is COc1ccc2nc(N(Cc3ccccn3)C(=O)c3cc(Cl)cc(Cl)c3)sc2c1. The van der Waals surface area contributed by atoms with Gasteiger partial charge in [-0.25, -0.2) is 4.98 Å². The number of carbonyl (C=O) groups is 1. The van der Waals surface area contributed by atoms with Crippen LogP contribution in [0.3, 0.4) is 0 Å². The zero-order valence-corrected chi connectivity index (χ0v) is 17.6. The lowest BCUT2D eigenvalue weighted by Crippen LogP contribution is -2.30. The molecule has 2 aromatic carbocycles. The van der Waals surface area contributed by atoms with Gasteiger partial charge in [0.25, 0.3) is 5.91 Å². The van der Waals surface area contributed by atoms with Crippen molar-refractivity contribution in [3.63, 3.8) is 0 Å². The number of methoxy groups -OCH3 is 1. The molecular weight excluding hydrogens is 429 g/mol. The molecule has 0 atom stereocenters. The highest BCUT2D eigenvalue weighted by molar-refractivity contribution is 7.22. The number of hydrogen-bond donors (Lipinski definition) is 0. The molecule has 5 nitrogen and oxygen atoms in total. The summed E-state index contributed by atoms with van der Waals surface area (Å²) in [4.78, 5) is 24.0. The van der Waals surface area contributed by atoms with Crippen molar-refractivity contribution in [3.05, 3.63) is 82.1 Å². The third-order valence-electron chi connectivity index (χ3n) is 4.22. The van der Waals surface area contributed by atoms with Crippen molar-refractivity contribution < 1.29 is 9.53 Å². The molecule has 8 heteroatoms. The predicted octanol–water partition coefficient (Wildman–Crippen LogP) is 5.85. The standard InChI is InChI=1S/C21H15Cl2N3O2S/c1-28-17-5-6-18-19(11-17)29-21(25-18)26(12-16-4-2-3-7-24-16)20(27)13-8-14(22)10-15(23)9-13/h2-11H,12H2,1H3. The van der Waals surface area contributed by atoms with Gasteiger partial charge in [0.15, 0.2) is 5.13 Å². The molecule has 0 saturated carbocycles. The van der Waals surface area contributed by atoms with Gasteiger partial charge in [0.2, 0.25) is 0 Å². The molecule has 0 spiro atoms. The number of fused-ring (bicyclic) bond motifs is 1. The lowest BCUT2D eigenvalue weighted by Gasteiger charge is -2.20. The van der Waals surface area contributed by atoms with Crippen LogP contribution >= 0.6 is 34.5 Å². The number of nitrogens with zero attached hydrogens (tertiary/aromatic N) is 3. The van der Waals surface area contributed by atoms with Crippen LogP contribution in [-0.4, -0.2) is 23.0 Å².